The molecule has 10 aromatic rings. The lowest BCUT2D eigenvalue weighted by Crippen LogP contribution is -1.98. The van der Waals surface area contributed by atoms with Crippen molar-refractivity contribution in [2.75, 3.05) is 0 Å². The van der Waals surface area contributed by atoms with Gasteiger partial charge in [-0.1, -0.05) is 91.0 Å². The standard InChI is InChI=1S/C40H24N4S/c1-5-16-33-28(12-1)29-13-2-6-17-34(29)43(33)27-11-9-10-25(22-27)26-20-21-36-32(23-26)30-14-3-7-18-35(30)44(36)40-39-38(41-24-42-40)31-15-4-8-19-37(31)45-39/h1-24H. The maximum Gasteiger partial charge on any atom is 0.159 e. The number of fused-ring (bicyclic) bond motifs is 9. The third-order valence-corrected chi connectivity index (χ3v) is 10.2. The van der Waals surface area contributed by atoms with Crippen LogP contribution in [0.5, 0.6) is 0 Å². The summed E-state index contributed by atoms with van der Waals surface area (Å²) < 4.78 is 7.01. The highest BCUT2D eigenvalue weighted by Crippen LogP contribution is 2.40. The third kappa shape index (κ3) is 3.53. The Morgan fingerprint density at radius 2 is 1.04 bits per heavy atom. The van der Waals surface area contributed by atoms with E-state index >= 15 is 0 Å². The molecule has 0 atom stereocenters. The van der Waals surface area contributed by atoms with E-state index < -0.39 is 0 Å². The second-order valence-corrected chi connectivity index (χ2v) is 12.5. The molecule has 6 aromatic carbocycles. The van der Waals surface area contributed by atoms with Crippen molar-refractivity contribution in [2.45, 2.75) is 0 Å². The molecule has 0 saturated carbocycles. The van der Waals surface area contributed by atoms with Gasteiger partial charge in [0.15, 0.2) is 5.82 Å². The zero-order valence-corrected chi connectivity index (χ0v) is 24.9. The van der Waals surface area contributed by atoms with Crippen LogP contribution >= 0.6 is 11.3 Å². The van der Waals surface area contributed by atoms with Crippen molar-refractivity contribution in [1.82, 2.24) is 19.1 Å². The largest absolute Gasteiger partial charge is 0.309 e. The van der Waals surface area contributed by atoms with E-state index in [9.17, 15) is 0 Å². The van der Waals surface area contributed by atoms with Gasteiger partial charge in [0, 0.05) is 37.3 Å². The number of thiophene rings is 1. The van der Waals surface area contributed by atoms with Crippen LogP contribution in [0, 0.1) is 0 Å². The van der Waals surface area contributed by atoms with Gasteiger partial charge in [0.05, 0.1) is 32.3 Å². The Balaban J connectivity index is 1.19. The van der Waals surface area contributed by atoms with Crippen LogP contribution in [0.15, 0.2) is 146 Å². The fraction of sp³-hybridized carbons (Fsp3) is 0. The van der Waals surface area contributed by atoms with Gasteiger partial charge in [-0.05, 0) is 59.7 Å². The van der Waals surface area contributed by atoms with Crippen molar-refractivity contribution in [2.24, 2.45) is 0 Å². The van der Waals surface area contributed by atoms with Crippen LogP contribution in [-0.4, -0.2) is 19.1 Å². The summed E-state index contributed by atoms with van der Waals surface area (Å²) in [5, 5.41) is 6.13. The van der Waals surface area contributed by atoms with Gasteiger partial charge in [-0.15, -0.1) is 11.3 Å². The van der Waals surface area contributed by atoms with Crippen LogP contribution in [0.3, 0.4) is 0 Å². The van der Waals surface area contributed by atoms with Crippen molar-refractivity contribution in [3.05, 3.63) is 146 Å². The lowest BCUT2D eigenvalue weighted by molar-refractivity contribution is 1.08. The molecule has 0 amide bonds. The van der Waals surface area contributed by atoms with E-state index in [1.807, 2.05) is 0 Å². The molecular weight excluding hydrogens is 569 g/mol. The molecule has 4 nitrogen and oxygen atoms in total. The maximum atomic E-state index is 4.87. The first-order chi connectivity index (χ1) is 22.3. The predicted octanol–water partition coefficient (Wildman–Crippen LogP) is 10.7. The van der Waals surface area contributed by atoms with Crippen LogP contribution in [0.2, 0.25) is 0 Å². The second kappa shape index (κ2) is 9.36. The molecule has 0 aliphatic rings. The van der Waals surface area contributed by atoms with E-state index in [0.717, 1.165) is 32.8 Å². The summed E-state index contributed by atoms with van der Waals surface area (Å²) in [4.78, 5) is 9.58. The number of benzene rings is 6. The zero-order chi connectivity index (χ0) is 29.5. The van der Waals surface area contributed by atoms with Gasteiger partial charge < -0.3 is 4.57 Å². The molecule has 0 saturated heterocycles. The Hall–Kier alpha value is -5.78. The molecule has 45 heavy (non-hydrogen) atoms. The van der Waals surface area contributed by atoms with Crippen molar-refractivity contribution in [3.8, 4) is 22.6 Å². The summed E-state index contributed by atoms with van der Waals surface area (Å²) in [5.74, 6) is 0.925. The number of aromatic nitrogens is 4. The number of rotatable bonds is 3. The molecule has 5 heteroatoms. The predicted molar refractivity (Wildman–Crippen MR) is 189 cm³/mol. The average Bonchev–Trinajstić information content (AvgIpc) is 3.76. The summed E-state index contributed by atoms with van der Waals surface area (Å²) in [5.41, 5.74) is 9.23. The molecule has 0 spiro atoms. The summed E-state index contributed by atoms with van der Waals surface area (Å²) >= 11 is 1.76. The second-order valence-electron chi connectivity index (χ2n) is 11.5. The maximum absolute atomic E-state index is 4.87. The number of nitrogens with zero attached hydrogens (tertiary/aromatic N) is 4. The Morgan fingerprint density at radius 3 is 1.80 bits per heavy atom. The van der Waals surface area contributed by atoms with E-state index in [2.05, 4.69) is 149 Å². The van der Waals surface area contributed by atoms with Crippen molar-refractivity contribution in [3.63, 3.8) is 0 Å². The Morgan fingerprint density at radius 1 is 0.444 bits per heavy atom. The molecule has 0 bridgehead atoms. The monoisotopic (exact) mass is 592 g/mol. The van der Waals surface area contributed by atoms with Crippen molar-refractivity contribution in [1.29, 1.82) is 0 Å². The molecule has 0 unspecified atom stereocenters. The quantitative estimate of drug-likeness (QED) is 0.205. The first kappa shape index (κ1) is 24.6. The van der Waals surface area contributed by atoms with E-state index in [4.69, 9.17) is 9.97 Å². The van der Waals surface area contributed by atoms with Crippen molar-refractivity contribution < 1.29 is 0 Å². The minimum Gasteiger partial charge on any atom is -0.309 e. The SMILES string of the molecule is c1cc(-c2ccc3c(c2)c2ccccc2n3-c2ncnc3c2sc2ccccc23)cc(-n2c3ccccc3c3ccccc32)c1. The van der Waals surface area contributed by atoms with Crippen LogP contribution in [0.4, 0.5) is 0 Å². The summed E-state index contributed by atoms with van der Waals surface area (Å²) in [6.07, 6.45) is 1.70. The summed E-state index contributed by atoms with van der Waals surface area (Å²) in [6.45, 7) is 0. The first-order valence-corrected chi connectivity index (χ1v) is 15.9. The van der Waals surface area contributed by atoms with Gasteiger partial charge in [-0.25, -0.2) is 9.97 Å². The van der Waals surface area contributed by atoms with Gasteiger partial charge in [-0.2, -0.15) is 0 Å². The fourth-order valence-corrected chi connectivity index (χ4v) is 8.21. The van der Waals surface area contributed by atoms with Gasteiger partial charge in [0.2, 0.25) is 0 Å². The highest BCUT2D eigenvalue weighted by atomic mass is 32.1. The lowest BCUT2D eigenvalue weighted by Gasteiger charge is -2.11. The molecule has 10 rings (SSSR count). The smallest absolute Gasteiger partial charge is 0.159 e. The van der Waals surface area contributed by atoms with E-state index in [-0.39, 0.29) is 0 Å². The van der Waals surface area contributed by atoms with E-state index in [0.29, 0.717) is 0 Å². The van der Waals surface area contributed by atoms with Gasteiger partial charge in [-0.3, -0.25) is 4.57 Å². The molecule has 0 fully saturated rings. The average molecular weight is 593 g/mol. The topological polar surface area (TPSA) is 35.6 Å². The molecule has 4 aromatic heterocycles. The molecule has 0 aliphatic heterocycles. The molecule has 4 heterocycles. The van der Waals surface area contributed by atoms with Crippen LogP contribution in [0.1, 0.15) is 0 Å². The molecule has 0 radical (unpaired) electrons. The van der Waals surface area contributed by atoms with E-state index in [1.165, 1.54) is 53.8 Å². The van der Waals surface area contributed by atoms with Crippen LogP contribution < -0.4 is 0 Å². The number of hydrogen-bond donors (Lipinski definition) is 0. The van der Waals surface area contributed by atoms with Gasteiger partial charge in [0.25, 0.3) is 0 Å². The lowest BCUT2D eigenvalue weighted by atomic mass is 10.0. The fourth-order valence-electron chi connectivity index (χ4n) is 7.08. The normalized spacial score (nSPS) is 12.0. The number of hydrogen-bond acceptors (Lipinski definition) is 3. The summed E-state index contributed by atoms with van der Waals surface area (Å²) in [7, 11) is 0. The van der Waals surface area contributed by atoms with Gasteiger partial charge >= 0.3 is 0 Å². The van der Waals surface area contributed by atoms with Gasteiger partial charge in [0.1, 0.15) is 6.33 Å². The molecular formula is C40H24N4S. The molecule has 210 valence electrons. The minimum absolute atomic E-state index is 0.925. The Bertz CT molecular complexity index is 2730. The van der Waals surface area contributed by atoms with Crippen LogP contribution in [-0.2, 0) is 0 Å². The third-order valence-electron chi connectivity index (χ3n) is 9.04. The Kier molecular flexibility index (Phi) is 5.12. The van der Waals surface area contributed by atoms with Crippen molar-refractivity contribution >= 4 is 75.3 Å². The highest BCUT2D eigenvalue weighted by Gasteiger charge is 2.19. The Labute approximate surface area is 262 Å². The minimum atomic E-state index is 0.925. The first-order valence-electron chi connectivity index (χ1n) is 15.1. The molecule has 0 aliphatic carbocycles. The highest BCUT2D eigenvalue weighted by molar-refractivity contribution is 7.26. The van der Waals surface area contributed by atoms with Crippen LogP contribution in [0.25, 0.3) is 86.5 Å². The van der Waals surface area contributed by atoms with E-state index in [1.54, 1.807) is 17.7 Å². The zero-order valence-electron chi connectivity index (χ0n) is 24.1. The summed E-state index contributed by atoms with van der Waals surface area (Å²) in [6, 6.07) is 50.2. The number of para-hydroxylation sites is 3. The molecule has 0 N–H and O–H groups in total.